The van der Waals surface area contributed by atoms with Gasteiger partial charge in [-0.3, -0.25) is 9.78 Å². The smallest absolute Gasteiger partial charge is 0.341 e. The molecule has 3 heterocycles. The topological polar surface area (TPSA) is 107 Å². The summed E-state index contributed by atoms with van der Waals surface area (Å²) >= 11 is 1.36. The van der Waals surface area contributed by atoms with Crippen LogP contribution in [0, 0.1) is 0 Å². The van der Waals surface area contributed by atoms with Gasteiger partial charge in [0.2, 0.25) is 17.6 Å². The van der Waals surface area contributed by atoms with Gasteiger partial charge in [0.1, 0.15) is 10.7 Å². The van der Waals surface area contributed by atoms with Crippen LogP contribution in [-0.2, 0) is 16.0 Å². The van der Waals surface area contributed by atoms with E-state index < -0.39 is 0 Å². The highest BCUT2D eigenvalue weighted by Crippen LogP contribution is 2.46. The van der Waals surface area contributed by atoms with Crippen molar-refractivity contribution in [3.8, 4) is 11.5 Å². The van der Waals surface area contributed by atoms with Gasteiger partial charge in [-0.2, -0.15) is 4.98 Å². The highest BCUT2D eigenvalue weighted by molar-refractivity contribution is 7.15. The molecule has 4 rings (SSSR count). The molecule has 0 bridgehead atoms. The summed E-state index contributed by atoms with van der Waals surface area (Å²) in [5.41, 5.74) is 2.07. The summed E-state index contributed by atoms with van der Waals surface area (Å²) in [5, 5.41) is 9.21. The molecule has 9 heteroatoms. The Kier molecular flexibility index (Phi) is 5.66. The Morgan fingerprint density at radius 2 is 2.21 bits per heavy atom. The summed E-state index contributed by atoms with van der Waals surface area (Å²) in [5.74, 6) is 0.522. The van der Waals surface area contributed by atoms with Crippen LogP contribution in [-0.4, -0.2) is 33.6 Å². The van der Waals surface area contributed by atoms with Gasteiger partial charge in [0.05, 0.1) is 12.2 Å². The van der Waals surface area contributed by atoms with E-state index in [2.05, 4.69) is 20.4 Å². The van der Waals surface area contributed by atoms with Crippen LogP contribution < -0.4 is 5.32 Å². The molecule has 1 saturated carbocycles. The predicted molar refractivity (Wildman–Crippen MR) is 107 cm³/mol. The van der Waals surface area contributed by atoms with E-state index in [0.29, 0.717) is 46.9 Å². The summed E-state index contributed by atoms with van der Waals surface area (Å²) in [6.45, 7) is 2.06. The fourth-order valence-corrected chi connectivity index (χ4v) is 3.98. The van der Waals surface area contributed by atoms with Gasteiger partial charge in [-0.25, -0.2) is 4.79 Å². The number of hydrogen-bond donors (Lipinski definition) is 1. The Bertz CT molecular complexity index is 1010. The van der Waals surface area contributed by atoms with Gasteiger partial charge in [-0.05, 0) is 48.8 Å². The number of hydrogen-bond acceptors (Lipinski definition) is 8. The molecule has 29 heavy (non-hydrogen) atoms. The van der Waals surface area contributed by atoms with Crippen LogP contribution >= 0.6 is 11.3 Å². The van der Waals surface area contributed by atoms with Crippen molar-refractivity contribution in [2.24, 2.45) is 0 Å². The number of aryl methyl sites for hydroxylation is 1. The van der Waals surface area contributed by atoms with Crippen LogP contribution in [0.1, 0.15) is 53.9 Å². The zero-order valence-corrected chi connectivity index (χ0v) is 16.7. The number of rotatable bonds is 8. The van der Waals surface area contributed by atoms with E-state index in [0.717, 1.165) is 18.4 Å². The lowest BCUT2D eigenvalue weighted by atomic mass is 10.1. The van der Waals surface area contributed by atoms with E-state index in [1.165, 1.54) is 11.3 Å². The number of carbonyl (C=O) groups is 2. The van der Waals surface area contributed by atoms with E-state index in [-0.39, 0.29) is 18.3 Å². The van der Waals surface area contributed by atoms with Gasteiger partial charge >= 0.3 is 5.97 Å². The first-order chi connectivity index (χ1) is 14.2. The first-order valence-electron chi connectivity index (χ1n) is 9.48. The molecular weight excluding hydrogens is 392 g/mol. The minimum absolute atomic E-state index is 0.156. The average molecular weight is 412 g/mol. The zero-order valence-electron chi connectivity index (χ0n) is 15.9. The summed E-state index contributed by atoms with van der Waals surface area (Å²) < 4.78 is 10.4. The molecule has 1 amide bonds. The second-order valence-electron chi connectivity index (χ2n) is 6.66. The van der Waals surface area contributed by atoms with Crippen molar-refractivity contribution < 1.29 is 18.8 Å². The van der Waals surface area contributed by atoms with E-state index in [9.17, 15) is 9.59 Å². The van der Waals surface area contributed by atoms with E-state index >= 15 is 0 Å². The van der Waals surface area contributed by atoms with Crippen molar-refractivity contribution >= 4 is 28.2 Å². The van der Waals surface area contributed by atoms with E-state index in [1.54, 1.807) is 25.3 Å². The number of nitrogens with zero attached hydrogens (tertiary/aromatic N) is 3. The van der Waals surface area contributed by atoms with Gasteiger partial charge < -0.3 is 14.6 Å². The quantitative estimate of drug-likeness (QED) is 0.560. The molecule has 3 aromatic heterocycles. The van der Waals surface area contributed by atoms with Crippen molar-refractivity contribution in [3.05, 3.63) is 46.8 Å². The number of pyridine rings is 1. The molecule has 0 aliphatic heterocycles. The number of amides is 1. The van der Waals surface area contributed by atoms with Gasteiger partial charge in [0.15, 0.2) is 0 Å². The third-order valence-corrected chi connectivity index (χ3v) is 5.41. The fraction of sp³-hybridized carbons (Fsp3) is 0.350. The van der Waals surface area contributed by atoms with Crippen LogP contribution in [0.2, 0.25) is 0 Å². The standard InChI is InChI=1S/C20H20N4O4S/c1-2-27-20(26)17-13(12-6-7-12)11-29-19(17)22-15(25)8-9-16-23-18(24-28-16)14-5-3-4-10-21-14/h3-5,10-12H,2,6-9H2,1H3,(H,22,25). The lowest BCUT2D eigenvalue weighted by Gasteiger charge is -2.07. The molecule has 0 radical (unpaired) electrons. The molecule has 0 unspecified atom stereocenters. The van der Waals surface area contributed by atoms with Crippen LogP contribution in [0.4, 0.5) is 5.00 Å². The first-order valence-corrected chi connectivity index (χ1v) is 10.4. The fourth-order valence-electron chi connectivity index (χ4n) is 2.94. The SMILES string of the molecule is CCOC(=O)c1c(C2CC2)csc1NC(=O)CCc1nc(-c2ccccn2)no1. The van der Waals surface area contributed by atoms with Crippen molar-refractivity contribution in [3.63, 3.8) is 0 Å². The number of thiophene rings is 1. The Balaban J connectivity index is 1.39. The van der Waals surface area contributed by atoms with Crippen molar-refractivity contribution in [1.29, 1.82) is 0 Å². The number of aromatic nitrogens is 3. The molecule has 0 spiro atoms. The second-order valence-corrected chi connectivity index (χ2v) is 7.54. The zero-order chi connectivity index (χ0) is 20.2. The average Bonchev–Trinajstić information content (AvgIpc) is 3.31. The summed E-state index contributed by atoms with van der Waals surface area (Å²) in [7, 11) is 0. The number of carbonyl (C=O) groups excluding carboxylic acids is 2. The number of esters is 1. The minimum atomic E-state index is -0.386. The highest BCUT2D eigenvalue weighted by atomic mass is 32.1. The Morgan fingerprint density at radius 1 is 1.34 bits per heavy atom. The molecule has 150 valence electrons. The van der Waals surface area contributed by atoms with Crippen LogP contribution in [0.15, 0.2) is 34.3 Å². The van der Waals surface area contributed by atoms with Gasteiger partial charge in [-0.15, -0.1) is 11.3 Å². The number of ether oxygens (including phenoxy) is 1. The lowest BCUT2D eigenvalue weighted by Crippen LogP contribution is -2.15. The Labute approximate surface area is 171 Å². The summed E-state index contributed by atoms with van der Waals surface area (Å²) in [4.78, 5) is 33.2. The predicted octanol–water partition coefficient (Wildman–Crippen LogP) is 3.82. The van der Waals surface area contributed by atoms with Gasteiger partial charge in [0.25, 0.3) is 0 Å². The molecule has 0 atom stereocenters. The van der Waals surface area contributed by atoms with Crippen LogP contribution in [0.3, 0.4) is 0 Å². The van der Waals surface area contributed by atoms with Gasteiger partial charge in [-0.1, -0.05) is 11.2 Å². The maximum absolute atomic E-state index is 12.4. The van der Waals surface area contributed by atoms with Crippen LogP contribution in [0.25, 0.3) is 11.5 Å². The summed E-state index contributed by atoms with van der Waals surface area (Å²) in [6, 6.07) is 5.43. The number of anilines is 1. The third kappa shape index (κ3) is 4.51. The van der Waals surface area contributed by atoms with Crippen LogP contribution in [0.5, 0.6) is 0 Å². The van der Waals surface area contributed by atoms with Crippen molar-refractivity contribution in [2.75, 3.05) is 11.9 Å². The molecule has 0 aromatic carbocycles. The molecule has 8 nitrogen and oxygen atoms in total. The highest BCUT2D eigenvalue weighted by Gasteiger charge is 2.32. The molecule has 1 fully saturated rings. The first kappa shape index (κ1) is 19.3. The molecule has 3 aromatic rings. The minimum Gasteiger partial charge on any atom is -0.462 e. The van der Waals surface area contributed by atoms with Gasteiger partial charge in [0, 0.05) is 19.0 Å². The molecule has 0 saturated heterocycles. The maximum atomic E-state index is 12.4. The number of nitrogens with one attached hydrogen (secondary N) is 1. The maximum Gasteiger partial charge on any atom is 0.341 e. The van der Waals surface area contributed by atoms with E-state index in [4.69, 9.17) is 9.26 Å². The molecule has 1 N–H and O–H groups in total. The second kappa shape index (κ2) is 8.52. The molecule has 1 aliphatic rings. The monoisotopic (exact) mass is 412 g/mol. The van der Waals surface area contributed by atoms with Crippen molar-refractivity contribution in [1.82, 2.24) is 15.1 Å². The molecule has 1 aliphatic carbocycles. The normalized spacial score (nSPS) is 13.3. The Hall–Kier alpha value is -3.07. The molecular formula is C20H20N4O4S. The largest absolute Gasteiger partial charge is 0.462 e. The summed E-state index contributed by atoms with van der Waals surface area (Å²) in [6.07, 6.45) is 4.22. The third-order valence-electron chi connectivity index (χ3n) is 4.50. The Morgan fingerprint density at radius 3 is 2.93 bits per heavy atom. The lowest BCUT2D eigenvalue weighted by molar-refractivity contribution is -0.116. The van der Waals surface area contributed by atoms with E-state index in [1.807, 2.05) is 11.4 Å². The van der Waals surface area contributed by atoms with Crippen molar-refractivity contribution in [2.45, 2.75) is 38.5 Å².